The third kappa shape index (κ3) is 1.99. The molecule has 0 radical (unpaired) electrons. The number of fused-ring (bicyclic) bond motifs is 1. The van der Waals surface area contributed by atoms with E-state index in [1.54, 1.807) is 6.20 Å². The van der Waals surface area contributed by atoms with E-state index in [4.69, 9.17) is 4.74 Å². The number of rotatable bonds is 2. The van der Waals surface area contributed by atoms with Gasteiger partial charge in [0.2, 0.25) is 5.95 Å². The summed E-state index contributed by atoms with van der Waals surface area (Å²) in [4.78, 5) is 11.2. The zero-order chi connectivity index (χ0) is 13.5. The first-order chi connectivity index (χ1) is 9.12. The molecule has 2 aromatic rings. The van der Waals surface area contributed by atoms with Crippen LogP contribution in [0.3, 0.4) is 0 Å². The van der Waals surface area contributed by atoms with Crippen LogP contribution in [0, 0.1) is 0 Å². The molecule has 3 rings (SSSR count). The fourth-order valence-corrected chi connectivity index (χ4v) is 2.39. The van der Waals surface area contributed by atoms with Crippen molar-refractivity contribution in [1.82, 2.24) is 20.2 Å². The van der Waals surface area contributed by atoms with Gasteiger partial charge < -0.3 is 15.0 Å². The maximum absolute atomic E-state index is 5.56. The number of hydrogen-bond donors (Lipinski definition) is 2. The molecule has 0 amide bonds. The largest absolute Gasteiger partial charge is 0.377 e. The minimum atomic E-state index is -0.0954. The van der Waals surface area contributed by atoms with E-state index in [9.17, 15) is 0 Å². The van der Waals surface area contributed by atoms with Crippen molar-refractivity contribution in [2.75, 3.05) is 37.0 Å². The van der Waals surface area contributed by atoms with Crippen LogP contribution in [0.4, 0.5) is 11.8 Å². The summed E-state index contributed by atoms with van der Waals surface area (Å²) in [5.41, 5.74) is 0.651. The van der Waals surface area contributed by atoms with Crippen molar-refractivity contribution in [3.63, 3.8) is 0 Å². The Balaban J connectivity index is 2.14. The van der Waals surface area contributed by atoms with E-state index in [-0.39, 0.29) is 5.54 Å². The molecule has 102 valence electrons. The van der Waals surface area contributed by atoms with E-state index >= 15 is 0 Å². The second kappa shape index (κ2) is 4.34. The predicted molar refractivity (Wildman–Crippen MR) is 73.5 cm³/mol. The Bertz CT molecular complexity index is 593. The van der Waals surface area contributed by atoms with Crippen molar-refractivity contribution in [2.45, 2.75) is 19.4 Å². The lowest BCUT2D eigenvalue weighted by molar-refractivity contribution is 0.0641. The van der Waals surface area contributed by atoms with E-state index in [0.717, 1.165) is 23.4 Å². The summed E-state index contributed by atoms with van der Waals surface area (Å²) >= 11 is 0. The molecule has 1 aliphatic rings. The number of H-pyrrole nitrogens is 1. The summed E-state index contributed by atoms with van der Waals surface area (Å²) in [5, 5.41) is 10.9. The van der Waals surface area contributed by atoms with Crippen LogP contribution in [0.1, 0.15) is 13.8 Å². The Morgan fingerprint density at radius 2 is 2.26 bits per heavy atom. The standard InChI is InChI=1S/C12H18N6O/c1-12(2)7-19-5-4-18(12)10-8-6-14-17-9(8)15-11(13-3)16-10/h6H,4-5,7H2,1-3H3,(H2,13,14,15,16,17). The molecule has 2 aromatic heterocycles. The molecule has 0 spiro atoms. The molecular weight excluding hydrogens is 244 g/mol. The average Bonchev–Trinajstić information content (AvgIpc) is 2.85. The van der Waals surface area contributed by atoms with Crippen molar-refractivity contribution in [2.24, 2.45) is 0 Å². The van der Waals surface area contributed by atoms with Crippen LogP contribution >= 0.6 is 0 Å². The van der Waals surface area contributed by atoms with Crippen LogP contribution in [-0.2, 0) is 4.74 Å². The van der Waals surface area contributed by atoms with Crippen LogP contribution in [0.25, 0.3) is 11.0 Å². The SMILES string of the molecule is CNc1nc(N2CCOCC2(C)C)c2cn[nH]c2n1. The van der Waals surface area contributed by atoms with Gasteiger partial charge in [-0.2, -0.15) is 15.1 Å². The summed E-state index contributed by atoms with van der Waals surface area (Å²) in [5.74, 6) is 1.49. The Labute approximate surface area is 111 Å². The van der Waals surface area contributed by atoms with E-state index in [2.05, 4.69) is 44.2 Å². The Hall–Kier alpha value is -1.89. The smallest absolute Gasteiger partial charge is 0.226 e. The molecule has 7 heteroatoms. The molecule has 1 aliphatic heterocycles. The first-order valence-electron chi connectivity index (χ1n) is 6.36. The molecular formula is C12H18N6O. The highest BCUT2D eigenvalue weighted by molar-refractivity contribution is 5.88. The van der Waals surface area contributed by atoms with Crippen LogP contribution in [0.2, 0.25) is 0 Å². The van der Waals surface area contributed by atoms with Crippen molar-refractivity contribution >= 4 is 22.8 Å². The first kappa shape index (κ1) is 12.2. The minimum Gasteiger partial charge on any atom is -0.377 e. The third-order valence-corrected chi connectivity index (χ3v) is 3.41. The lowest BCUT2D eigenvalue weighted by atomic mass is 10.0. The van der Waals surface area contributed by atoms with Crippen molar-refractivity contribution < 1.29 is 4.74 Å². The number of aromatic amines is 1. The summed E-state index contributed by atoms with van der Waals surface area (Å²) in [6.45, 7) is 6.51. The van der Waals surface area contributed by atoms with Gasteiger partial charge in [0.1, 0.15) is 5.82 Å². The fourth-order valence-electron chi connectivity index (χ4n) is 2.39. The second-order valence-corrected chi connectivity index (χ2v) is 5.27. The maximum Gasteiger partial charge on any atom is 0.226 e. The van der Waals surface area contributed by atoms with Crippen LogP contribution < -0.4 is 10.2 Å². The molecule has 0 unspecified atom stereocenters. The second-order valence-electron chi connectivity index (χ2n) is 5.27. The fraction of sp³-hybridized carbons (Fsp3) is 0.583. The van der Waals surface area contributed by atoms with Gasteiger partial charge in [0, 0.05) is 13.6 Å². The molecule has 0 bridgehead atoms. The summed E-state index contributed by atoms with van der Waals surface area (Å²) in [7, 11) is 1.81. The molecule has 7 nitrogen and oxygen atoms in total. The lowest BCUT2D eigenvalue weighted by Gasteiger charge is -2.43. The van der Waals surface area contributed by atoms with Gasteiger partial charge in [-0.3, -0.25) is 5.10 Å². The number of nitrogens with zero attached hydrogens (tertiary/aromatic N) is 4. The van der Waals surface area contributed by atoms with Crippen LogP contribution in [0.15, 0.2) is 6.20 Å². The quantitative estimate of drug-likeness (QED) is 0.841. The number of hydrogen-bond acceptors (Lipinski definition) is 6. The molecule has 0 atom stereocenters. The number of nitrogens with one attached hydrogen (secondary N) is 2. The average molecular weight is 262 g/mol. The predicted octanol–water partition coefficient (Wildman–Crippen LogP) is 1.01. The molecule has 3 heterocycles. The summed E-state index contributed by atoms with van der Waals surface area (Å²) < 4.78 is 5.56. The third-order valence-electron chi connectivity index (χ3n) is 3.41. The number of ether oxygens (including phenoxy) is 1. The zero-order valence-corrected chi connectivity index (χ0v) is 11.4. The topological polar surface area (TPSA) is 79.0 Å². The number of anilines is 2. The maximum atomic E-state index is 5.56. The van der Waals surface area contributed by atoms with E-state index in [1.165, 1.54) is 0 Å². The number of morpholine rings is 1. The van der Waals surface area contributed by atoms with Crippen LogP contribution in [-0.4, -0.2) is 52.5 Å². The van der Waals surface area contributed by atoms with Gasteiger partial charge in [-0.1, -0.05) is 0 Å². The van der Waals surface area contributed by atoms with Gasteiger partial charge >= 0.3 is 0 Å². The molecule has 0 aliphatic carbocycles. The number of aromatic nitrogens is 4. The first-order valence-corrected chi connectivity index (χ1v) is 6.36. The summed E-state index contributed by atoms with van der Waals surface area (Å²) in [6, 6.07) is 0. The van der Waals surface area contributed by atoms with Gasteiger partial charge in [0.25, 0.3) is 0 Å². The highest BCUT2D eigenvalue weighted by Crippen LogP contribution is 2.31. The van der Waals surface area contributed by atoms with Crippen LogP contribution in [0.5, 0.6) is 0 Å². The Morgan fingerprint density at radius 1 is 1.42 bits per heavy atom. The van der Waals surface area contributed by atoms with Crippen molar-refractivity contribution in [3.05, 3.63) is 6.20 Å². The van der Waals surface area contributed by atoms with E-state index in [0.29, 0.717) is 19.2 Å². The van der Waals surface area contributed by atoms with Gasteiger partial charge in [-0.05, 0) is 13.8 Å². The molecule has 19 heavy (non-hydrogen) atoms. The summed E-state index contributed by atoms with van der Waals surface area (Å²) in [6.07, 6.45) is 1.77. The molecule has 0 saturated carbocycles. The lowest BCUT2D eigenvalue weighted by Crippen LogP contribution is -2.53. The van der Waals surface area contributed by atoms with Crippen molar-refractivity contribution in [3.8, 4) is 0 Å². The molecule has 2 N–H and O–H groups in total. The van der Waals surface area contributed by atoms with E-state index in [1.807, 2.05) is 7.05 Å². The highest BCUT2D eigenvalue weighted by atomic mass is 16.5. The Morgan fingerprint density at radius 3 is 3.00 bits per heavy atom. The van der Waals surface area contributed by atoms with Gasteiger partial charge in [-0.25, -0.2) is 0 Å². The monoisotopic (exact) mass is 262 g/mol. The van der Waals surface area contributed by atoms with Gasteiger partial charge in [0.05, 0.1) is 30.3 Å². The zero-order valence-electron chi connectivity index (χ0n) is 11.4. The molecule has 1 saturated heterocycles. The highest BCUT2D eigenvalue weighted by Gasteiger charge is 2.33. The minimum absolute atomic E-state index is 0.0954. The normalized spacial score (nSPS) is 18.8. The van der Waals surface area contributed by atoms with E-state index < -0.39 is 0 Å². The molecule has 0 aromatic carbocycles. The van der Waals surface area contributed by atoms with Gasteiger partial charge in [-0.15, -0.1) is 0 Å². The Kier molecular flexibility index (Phi) is 2.78. The van der Waals surface area contributed by atoms with Gasteiger partial charge in [0.15, 0.2) is 5.65 Å². The van der Waals surface area contributed by atoms with Crippen molar-refractivity contribution in [1.29, 1.82) is 0 Å². The molecule has 1 fully saturated rings.